The first-order valence-electron chi connectivity index (χ1n) is 6.90. The van der Waals surface area contributed by atoms with Crippen molar-refractivity contribution in [3.05, 3.63) is 59.8 Å². The predicted molar refractivity (Wildman–Crippen MR) is 77.6 cm³/mol. The van der Waals surface area contributed by atoms with Gasteiger partial charge in [-0.3, -0.25) is 4.90 Å². The van der Waals surface area contributed by atoms with Crippen molar-refractivity contribution >= 4 is 0 Å². The summed E-state index contributed by atoms with van der Waals surface area (Å²) in [5, 5.41) is 0. The van der Waals surface area contributed by atoms with Gasteiger partial charge in [-0.05, 0) is 31.7 Å². The third kappa shape index (κ3) is 3.26. The number of nitrogens with zero attached hydrogens (tertiary/aromatic N) is 1. The van der Waals surface area contributed by atoms with Crippen LogP contribution in [0.15, 0.2) is 47.1 Å². The molecule has 3 nitrogen and oxygen atoms in total. The van der Waals surface area contributed by atoms with Crippen molar-refractivity contribution in [3.63, 3.8) is 0 Å². The molecule has 0 saturated carbocycles. The van der Waals surface area contributed by atoms with Gasteiger partial charge in [0, 0.05) is 11.6 Å². The molecule has 0 bridgehead atoms. The maximum Gasteiger partial charge on any atom is 0.128 e. The summed E-state index contributed by atoms with van der Waals surface area (Å²) >= 11 is 0. The molecule has 0 amide bonds. The molecule has 2 N–H and O–H groups in total. The van der Waals surface area contributed by atoms with Crippen LogP contribution in [-0.2, 0) is 6.54 Å². The van der Waals surface area contributed by atoms with E-state index in [0.29, 0.717) is 12.1 Å². The molecule has 0 spiro atoms. The third-order valence-corrected chi connectivity index (χ3v) is 3.46. The highest BCUT2D eigenvalue weighted by atomic mass is 19.1. The van der Waals surface area contributed by atoms with Gasteiger partial charge < -0.3 is 10.2 Å². The van der Waals surface area contributed by atoms with Gasteiger partial charge in [0.05, 0.1) is 18.8 Å². The number of hydrogen-bond donors (Lipinski definition) is 1. The molecule has 2 aromatic rings. The number of furan rings is 1. The van der Waals surface area contributed by atoms with Crippen LogP contribution in [0.3, 0.4) is 0 Å². The first-order valence-corrected chi connectivity index (χ1v) is 6.90. The fourth-order valence-electron chi connectivity index (χ4n) is 2.54. The Morgan fingerprint density at radius 1 is 1.25 bits per heavy atom. The fourth-order valence-corrected chi connectivity index (χ4v) is 2.54. The van der Waals surface area contributed by atoms with Gasteiger partial charge in [0.15, 0.2) is 0 Å². The van der Waals surface area contributed by atoms with Gasteiger partial charge in [-0.1, -0.05) is 25.1 Å². The molecule has 1 heterocycles. The molecule has 0 saturated heterocycles. The number of benzene rings is 1. The van der Waals surface area contributed by atoms with Gasteiger partial charge in [0.25, 0.3) is 0 Å². The molecule has 0 aliphatic carbocycles. The Hall–Kier alpha value is -1.65. The van der Waals surface area contributed by atoms with Crippen molar-refractivity contribution in [2.45, 2.75) is 32.5 Å². The molecule has 1 aromatic carbocycles. The normalized spacial score (nSPS) is 14.4. The zero-order valence-electron chi connectivity index (χ0n) is 11.9. The average molecular weight is 276 g/mol. The van der Waals surface area contributed by atoms with Gasteiger partial charge in [0.2, 0.25) is 0 Å². The number of likely N-dealkylation sites (N-methyl/N-ethyl adjacent to an activating group) is 1. The van der Waals surface area contributed by atoms with E-state index in [0.717, 1.165) is 12.3 Å². The quantitative estimate of drug-likeness (QED) is 0.880. The topological polar surface area (TPSA) is 42.4 Å². The summed E-state index contributed by atoms with van der Waals surface area (Å²) in [4.78, 5) is 2.13. The van der Waals surface area contributed by atoms with Crippen LogP contribution in [0.25, 0.3) is 0 Å². The molecule has 20 heavy (non-hydrogen) atoms. The van der Waals surface area contributed by atoms with Crippen molar-refractivity contribution in [2.24, 2.45) is 5.73 Å². The molecule has 2 rings (SSSR count). The molecule has 2 unspecified atom stereocenters. The molecule has 0 aliphatic rings. The largest absolute Gasteiger partial charge is 0.468 e. The Balaban J connectivity index is 2.29. The lowest BCUT2D eigenvalue weighted by molar-refractivity contribution is 0.161. The monoisotopic (exact) mass is 276 g/mol. The molecule has 1 aromatic heterocycles. The lowest BCUT2D eigenvalue weighted by Gasteiger charge is -2.33. The molecule has 108 valence electrons. The first kappa shape index (κ1) is 14.8. The summed E-state index contributed by atoms with van der Waals surface area (Å²) in [7, 11) is 0. The van der Waals surface area contributed by atoms with Crippen LogP contribution in [-0.4, -0.2) is 17.5 Å². The average Bonchev–Trinajstić information content (AvgIpc) is 2.92. The van der Waals surface area contributed by atoms with E-state index in [9.17, 15) is 4.39 Å². The second kappa shape index (κ2) is 6.68. The Morgan fingerprint density at radius 2 is 2.00 bits per heavy atom. The molecule has 2 atom stereocenters. The van der Waals surface area contributed by atoms with Crippen molar-refractivity contribution in [2.75, 3.05) is 6.54 Å². The lowest BCUT2D eigenvalue weighted by atomic mass is 9.98. The number of hydrogen-bond acceptors (Lipinski definition) is 3. The SMILES string of the molecule is CCN(Cc1ccco1)C(c1ccccc1F)C(C)N. The smallest absolute Gasteiger partial charge is 0.128 e. The van der Waals surface area contributed by atoms with Crippen LogP contribution in [0.2, 0.25) is 0 Å². The molecular weight excluding hydrogens is 255 g/mol. The third-order valence-electron chi connectivity index (χ3n) is 3.46. The van der Waals surface area contributed by atoms with E-state index in [1.807, 2.05) is 32.0 Å². The van der Waals surface area contributed by atoms with Crippen LogP contribution >= 0.6 is 0 Å². The summed E-state index contributed by atoms with van der Waals surface area (Å²) in [6.07, 6.45) is 1.65. The zero-order chi connectivity index (χ0) is 14.5. The fraction of sp³-hybridized carbons (Fsp3) is 0.375. The van der Waals surface area contributed by atoms with Gasteiger partial charge in [-0.15, -0.1) is 0 Å². The summed E-state index contributed by atoms with van der Waals surface area (Å²) in [6.45, 7) is 5.33. The molecule has 0 aliphatic heterocycles. The Labute approximate surface area is 119 Å². The van der Waals surface area contributed by atoms with Crippen LogP contribution in [0.4, 0.5) is 4.39 Å². The van der Waals surface area contributed by atoms with E-state index in [2.05, 4.69) is 4.90 Å². The van der Waals surface area contributed by atoms with Crippen LogP contribution < -0.4 is 5.73 Å². The summed E-state index contributed by atoms with van der Waals surface area (Å²) in [5.41, 5.74) is 6.74. The minimum absolute atomic E-state index is 0.175. The standard InChI is InChI=1S/C16H21FN2O/c1-3-19(11-13-7-6-10-20-13)16(12(2)18)14-8-4-5-9-15(14)17/h4-10,12,16H,3,11,18H2,1-2H3. The van der Waals surface area contributed by atoms with Crippen LogP contribution in [0.5, 0.6) is 0 Å². The second-order valence-electron chi connectivity index (χ2n) is 4.97. The minimum Gasteiger partial charge on any atom is -0.468 e. The molecular formula is C16H21FN2O. The summed E-state index contributed by atoms with van der Waals surface area (Å²) in [5.74, 6) is 0.640. The van der Waals surface area contributed by atoms with E-state index in [-0.39, 0.29) is 17.9 Å². The number of rotatable bonds is 6. The summed E-state index contributed by atoms with van der Waals surface area (Å²) in [6, 6.07) is 10.2. The zero-order valence-corrected chi connectivity index (χ0v) is 11.9. The maximum absolute atomic E-state index is 14.1. The van der Waals surface area contributed by atoms with Crippen LogP contribution in [0.1, 0.15) is 31.2 Å². The van der Waals surface area contributed by atoms with Gasteiger partial charge in [0.1, 0.15) is 11.6 Å². The Bertz CT molecular complexity index is 525. The molecule has 0 fully saturated rings. The van der Waals surface area contributed by atoms with Crippen molar-refractivity contribution < 1.29 is 8.81 Å². The van der Waals surface area contributed by atoms with E-state index < -0.39 is 0 Å². The van der Waals surface area contributed by atoms with Gasteiger partial charge >= 0.3 is 0 Å². The minimum atomic E-state index is -0.215. The van der Waals surface area contributed by atoms with Crippen molar-refractivity contribution in [1.29, 1.82) is 0 Å². The summed E-state index contributed by atoms with van der Waals surface area (Å²) < 4.78 is 19.5. The van der Waals surface area contributed by atoms with E-state index in [1.54, 1.807) is 18.4 Å². The second-order valence-corrected chi connectivity index (χ2v) is 4.97. The first-order chi connectivity index (χ1) is 9.63. The molecule has 0 radical (unpaired) electrons. The number of halogens is 1. The number of nitrogens with two attached hydrogens (primary N) is 1. The lowest BCUT2D eigenvalue weighted by Crippen LogP contribution is -2.39. The highest BCUT2D eigenvalue weighted by Crippen LogP contribution is 2.27. The molecule has 4 heteroatoms. The van der Waals surface area contributed by atoms with E-state index in [4.69, 9.17) is 10.2 Å². The van der Waals surface area contributed by atoms with Crippen LogP contribution in [0, 0.1) is 5.82 Å². The highest BCUT2D eigenvalue weighted by Gasteiger charge is 2.26. The Morgan fingerprint density at radius 3 is 2.55 bits per heavy atom. The van der Waals surface area contributed by atoms with Gasteiger partial charge in [-0.25, -0.2) is 4.39 Å². The van der Waals surface area contributed by atoms with E-state index in [1.165, 1.54) is 6.07 Å². The predicted octanol–water partition coefficient (Wildman–Crippen LogP) is 3.33. The van der Waals surface area contributed by atoms with Gasteiger partial charge in [-0.2, -0.15) is 0 Å². The maximum atomic E-state index is 14.1. The van der Waals surface area contributed by atoms with Crippen molar-refractivity contribution in [3.8, 4) is 0 Å². The Kier molecular flexibility index (Phi) is 4.93. The van der Waals surface area contributed by atoms with Crippen molar-refractivity contribution in [1.82, 2.24) is 4.90 Å². The highest BCUT2D eigenvalue weighted by molar-refractivity contribution is 5.23. The van der Waals surface area contributed by atoms with E-state index >= 15 is 0 Å².